The Kier molecular flexibility index (Phi) is 5.69. The van der Waals surface area contributed by atoms with E-state index in [0.29, 0.717) is 0 Å². The lowest BCUT2D eigenvalue weighted by Gasteiger charge is -2.20. The van der Waals surface area contributed by atoms with Gasteiger partial charge in [-0.1, -0.05) is 22.9 Å². The minimum Gasteiger partial charge on any atom is -0.310 e. The standard InChI is InChI=1S/C15H15Br2FN2/c1-2-20-15(6-10-5-11(16)9-19-8-10)13-7-12(18)3-4-14(13)17/h3-5,7-9,15,20H,2,6H2,1H3. The Hall–Kier alpha value is -0.780. The zero-order chi connectivity index (χ0) is 14.5. The first-order valence-electron chi connectivity index (χ1n) is 6.38. The molecule has 0 aliphatic heterocycles. The van der Waals surface area contributed by atoms with Gasteiger partial charge in [0.2, 0.25) is 0 Å². The van der Waals surface area contributed by atoms with Gasteiger partial charge in [-0.3, -0.25) is 4.98 Å². The topological polar surface area (TPSA) is 24.9 Å². The Labute approximate surface area is 135 Å². The number of pyridine rings is 1. The van der Waals surface area contributed by atoms with Gasteiger partial charge in [-0.05, 0) is 64.3 Å². The molecule has 0 radical (unpaired) electrons. The molecule has 0 fully saturated rings. The summed E-state index contributed by atoms with van der Waals surface area (Å²) in [5.41, 5.74) is 2.02. The highest BCUT2D eigenvalue weighted by molar-refractivity contribution is 9.10. The zero-order valence-electron chi connectivity index (χ0n) is 11.0. The van der Waals surface area contributed by atoms with E-state index in [2.05, 4.69) is 42.2 Å². The van der Waals surface area contributed by atoms with E-state index >= 15 is 0 Å². The molecule has 1 heterocycles. The highest BCUT2D eigenvalue weighted by Crippen LogP contribution is 2.27. The van der Waals surface area contributed by atoms with Crippen LogP contribution in [0.15, 0.2) is 45.6 Å². The molecule has 1 atom stereocenters. The molecule has 0 saturated heterocycles. The number of hydrogen-bond acceptors (Lipinski definition) is 2. The second-order valence-corrected chi connectivity index (χ2v) is 6.26. The fraction of sp³-hybridized carbons (Fsp3) is 0.267. The number of nitrogens with zero attached hydrogens (tertiary/aromatic N) is 1. The van der Waals surface area contributed by atoms with E-state index in [1.807, 2.05) is 19.2 Å². The number of halogens is 3. The first kappa shape index (κ1) is 15.6. The molecule has 0 saturated carbocycles. The second-order valence-electron chi connectivity index (χ2n) is 4.49. The van der Waals surface area contributed by atoms with Crippen LogP contribution in [0, 0.1) is 5.82 Å². The summed E-state index contributed by atoms with van der Waals surface area (Å²) in [6, 6.07) is 6.85. The highest BCUT2D eigenvalue weighted by atomic mass is 79.9. The molecule has 0 bridgehead atoms. The summed E-state index contributed by atoms with van der Waals surface area (Å²) in [4.78, 5) is 4.17. The first-order chi connectivity index (χ1) is 9.60. The Morgan fingerprint density at radius 2 is 2.05 bits per heavy atom. The number of hydrogen-bond donors (Lipinski definition) is 1. The molecule has 20 heavy (non-hydrogen) atoms. The Balaban J connectivity index is 2.29. The summed E-state index contributed by atoms with van der Waals surface area (Å²) >= 11 is 6.92. The predicted octanol–water partition coefficient (Wildman–Crippen LogP) is 4.64. The van der Waals surface area contributed by atoms with Crippen molar-refractivity contribution in [3.63, 3.8) is 0 Å². The van der Waals surface area contributed by atoms with Crippen LogP contribution in [-0.2, 0) is 6.42 Å². The van der Waals surface area contributed by atoms with Crippen LogP contribution in [0.25, 0.3) is 0 Å². The number of nitrogens with one attached hydrogen (secondary N) is 1. The third-order valence-electron chi connectivity index (χ3n) is 2.99. The molecule has 0 spiro atoms. The lowest BCUT2D eigenvalue weighted by molar-refractivity contribution is 0.540. The maximum Gasteiger partial charge on any atom is 0.123 e. The smallest absolute Gasteiger partial charge is 0.123 e. The minimum atomic E-state index is -0.224. The van der Waals surface area contributed by atoms with Gasteiger partial charge in [0.05, 0.1) is 0 Å². The van der Waals surface area contributed by atoms with Crippen molar-refractivity contribution in [3.05, 3.63) is 62.5 Å². The van der Waals surface area contributed by atoms with E-state index < -0.39 is 0 Å². The normalized spacial score (nSPS) is 12.4. The van der Waals surface area contributed by atoms with E-state index in [9.17, 15) is 4.39 Å². The SMILES string of the molecule is CCNC(Cc1cncc(Br)c1)c1cc(F)ccc1Br. The van der Waals surface area contributed by atoms with E-state index in [1.165, 1.54) is 6.07 Å². The fourth-order valence-corrected chi connectivity index (χ4v) is 3.06. The molecular weight excluding hydrogens is 387 g/mol. The summed E-state index contributed by atoms with van der Waals surface area (Å²) in [6.07, 6.45) is 4.34. The van der Waals surface area contributed by atoms with Crippen molar-refractivity contribution in [1.29, 1.82) is 0 Å². The van der Waals surface area contributed by atoms with Crippen LogP contribution in [0.3, 0.4) is 0 Å². The van der Waals surface area contributed by atoms with Crippen molar-refractivity contribution >= 4 is 31.9 Å². The van der Waals surface area contributed by atoms with E-state index in [4.69, 9.17) is 0 Å². The van der Waals surface area contributed by atoms with Crippen LogP contribution in [-0.4, -0.2) is 11.5 Å². The average Bonchev–Trinajstić information content (AvgIpc) is 2.41. The van der Waals surface area contributed by atoms with Gasteiger partial charge in [-0.2, -0.15) is 0 Å². The third kappa shape index (κ3) is 4.11. The second kappa shape index (κ2) is 7.29. The predicted molar refractivity (Wildman–Crippen MR) is 86.2 cm³/mol. The molecule has 106 valence electrons. The lowest BCUT2D eigenvalue weighted by Crippen LogP contribution is -2.23. The molecule has 1 aromatic heterocycles. The van der Waals surface area contributed by atoms with Crippen molar-refractivity contribution in [2.75, 3.05) is 6.54 Å². The van der Waals surface area contributed by atoms with Crippen molar-refractivity contribution < 1.29 is 4.39 Å². The summed E-state index contributed by atoms with van der Waals surface area (Å²) in [6.45, 7) is 2.86. The highest BCUT2D eigenvalue weighted by Gasteiger charge is 2.15. The third-order valence-corrected chi connectivity index (χ3v) is 4.14. The monoisotopic (exact) mass is 400 g/mol. The van der Waals surface area contributed by atoms with Gasteiger partial charge in [-0.25, -0.2) is 4.39 Å². The van der Waals surface area contributed by atoms with E-state index in [-0.39, 0.29) is 11.9 Å². The lowest BCUT2D eigenvalue weighted by atomic mass is 9.99. The fourth-order valence-electron chi connectivity index (χ4n) is 2.12. The van der Waals surface area contributed by atoms with Gasteiger partial charge in [0.25, 0.3) is 0 Å². The van der Waals surface area contributed by atoms with Crippen molar-refractivity contribution in [2.24, 2.45) is 0 Å². The van der Waals surface area contributed by atoms with Crippen LogP contribution < -0.4 is 5.32 Å². The number of benzene rings is 1. The van der Waals surface area contributed by atoms with Crippen molar-refractivity contribution in [3.8, 4) is 0 Å². The van der Waals surface area contributed by atoms with E-state index in [0.717, 1.165) is 33.0 Å². The molecule has 1 unspecified atom stereocenters. The minimum absolute atomic E-state index is 0.0428. The number of likely N-dealkylation sites (N-methyl/N-ethyl adjacent to an activating group) is 1. The van der Waals surface area contributed by atoms with Gasteiger partial charge >= 0.3 is 0 Å². The quantitative estimate of drug-likeness (QED) is 0.789. The summed E-state index contributed by atoms with van der Waals surface area (Å²) in [5, 5.41) is 3.40. The maximum absolute atomic E-state index is 13.5. The van der Waals surface area contributed by atoms with Crippen LogP contribution in [0.4, 0.5) is 4.39 Å². The molecule has 1 N–H and O–H groups in total. The molecular formula is C15H15Br2FN2. The molecule has 1 aromatic carbocycles. The van der Waals surface area contributed by atoms with Gasteiger partial charge in [0, 0.05) is 27.4 Å². The average molecular weight is 402 g/mol. The molecule has 0 aliphatic rings. The van der Waals surface area contributed by atoms with Gasteiger partial charge in [0.15, 0.2) is 0 Å². The van der Waals surface area contributed by atoms with Crippen LogP contribution in [0.1, 0.15) is 24.1 Å². The summed E-state index contributed by atoms with van der Waals surface area (Å²) in [5.74, 6) is -0.224. The van der Waals surface area contributed by atoms with Crippen molar-refractivity contribution in [2.45, 2.75) is 19.4 Å². The summed E-state index contributed by atoms with van der Waals surface area (Å²) < 4.78 is 15.3. The largest absolute Gasteiger partial charge is 0.310 e. The molecule has 0 amide bonds. The molecule has 2 nitrogen and oxygen atoms in total. The molecule has 5 heteroatoms. The van der Waals surface area contributed by atoms with Crippen molar-refractivity contribution in [1.82, 2.24) is 10.3 Å². The Morgan fingerprint density at radius 3 is 2.75 bits per heavy atom. The molecule has 0 aliphatic carbocycles. The molecule has 2 rings (SSSR count). The van der Waals surface area contributed by atoms with Gasteiger partial charge in [0.1, 0.15) is 5.82 Å². The van der Waals surface area contributed by atoms with E-state index in [1.54, 1.807) is 18.3 Å². The number of rotatable bonds is 5. The molecule has 2 aromatic rings. The zero-order valence-corrected chi connectivity index (χ0v) is 14.2. The van der Waals surface area contributed by atoms with Crippen LogP contribution in [0.2, 0.25) is 0 Å². The Bertz CT molecular complexity index is 590. The maximum atomic E-state index is 13.5. The van der Waals surface area contributed by atoms with Gasteiger partial charge < -0.3 is 5.32 Å². The Morgan fingerprint density at radius 1 is 1.25 bits per heavy atom. The van der Waals surface area contributed by atoms with Crippen LogP contribution >= 0.6 is 31.9 Å². The number of aromatic nitrogens is 1. The van der Waals surface area contributed by atoms with Crippen LogP contribution in [0.5, 0.6) is 0 Å². The first-order valence-corrected chi connectivity index (χ1v) is 7.96. The van der Waals surface area contributed by atoms with Gasteiger partial charge in [-0.15, -0.1) is 0 Å². The summed E-state index contributed by atoms with van der Waals surface area (Å²) in [7, 11) is 0.